The molecule has 0 fully saturated rings. The first kappa shape index (κ1) is 12.6. The van der Waals surface area contributed by atoms with Crippen LogP contribution in [0.1, 0.15) is 0 Å². The number of aromatic amines is 1. The number of fused-ring (bicyclic) bond motifs is 2. The fourth-order valence-corrected chi connectivity index (χ4v) is 1.79. The minimum atomic E-state index is -2.36. The van der Waals surface area contributed by atoms with Gasteiger partial charge in [-0.15, -0.1) is 0 Å². The summed E-state index contributed by atoms with van der Waals surface area (Å²) in [4.78, 5) is 3.41. The first-order chi connectivity index (χ1) is 8.66. The van der Waals surface area contributed by atoms with Gasteiger partial charge in [0.25, 0.3) is 0 Å². The average molecular weight is 260 g/mol. The number of hydrogen-bond donors (Lipinski definition) is 1. The van der Waals surface area contributed by atoms with Crippen molar-refractivity contribution in [3.05, 3.63) is 54.6 Å². The van der Waals surface area contributed by atoms with Crippen LogP contribution in [0.4, 0.5) is 0 Å². The van der Waals surface area contributed by atoms with Crippen LogP contribution in [0.15, 0.2) is 54.6 Å². The first-order valence-corrected chi connectivity index (χ1v) is 6.44. The number of para-hydroxylation sites is 2. The molecule has 0 saturated carbocycles. The summed E-state index contributed by atoms with van der Waals surface area (Å²) in [5.41, 5.74) is 2.37. The molecule has 1 unspecified atom stereocenters. The molecule has 0 saturated heterocycles. The van der Waals surface area contributed by atoms with E-state index in [1.54, 1.807) is 0 Å². The Bertz CT molecular complexity index is 591. The molecule has 1 aromatic heterocycles. The van der Waals surface area contributed by atoms with Gasteiger partial charge in [0.15, 0.2) is 0 Å². The van der Waals surface area contributed by atoms with E-state index in [-0.39, 0.29) is 0 Å². The molecule has 3 N–H and O–H groups in total. The Balaban J connectivity index is 0.000000267. The van der Waals surface area contributed by atoms with Crippen molar-refractivity contribution < 1.29 is 13.7 Å². The van der Waals surface area contributed by atoms with E-state index in [2.05, 4.69) is 52.6 Å². The van der Waals surface area contributed by atoms with E-state index in [9.17, 15) is 0 Å². The lowest BCUT2D eigenvalue weighted by molar-refractivity contribution is -0.310. The molecule has 3 aromatic rings. The summed E-state index contributed by atoms with van der Waals surface area (Å²) in [5.74, 6) is 0. The average Bonchev–Trinajstić information content (AvgIpc) is 2.35. The van der Waals surface area contributed by atoms with E-state index in [0.717, 1.165) is 0 Å². The second kappa shape index (κ2) is 5.68. The largest absolute Gasteiger partial charge is 0.760 e. The predicted octanol–water partition coefficient (Wildman–Crippen LogP) is 1.55. The van der Waals surface area contributed by atoms with Crippen LogP contribution in [-0.2, 0) is 11.3 Å². The number of nitrogens with one attached hydrogen (secondary N) is 1. The summed E-state index contributed by atoms with van der Waals surface area (Å²) in [7, 11) is 0. The zero-order valence-electron chi connectivity index (χ0n) is 9.50. The van der Waals surface area contributed by atoms with Crippen molar-refractivity contribution in [1.29, 1.82) is 0 Å². The van der Waals surface area contributed by atoms with E-state index in [1.165, 1.54) is 21.8 Å². The maximum absolute atomic E-state index is 8.78. The lowest BCUT2D eigenvalue weighted by atomic mass is 10.1. The predicted molar refractivity (Wildman–Crippen MR) is 71.1 cm³/mol. The van der Waals surface area contributed by atoms with Crippen molar-refractivity contribution >= 4 is 33.1 Å². The number of hydrogen-bond acceptors (Lipinski definition) is 2. The third-order valence-corrected chi connectivity index (χ3v) is 2.50. The maximum atomic E-state index is 8.78. The zero-order valence-corrected chi connectivity index (χ0v) is 10.3. The number of H-pyrrole nitrogens is 1. The molecule has 0 radical (unpaired) electrons. The number of pyridine rings is 1. The third-order valence-electron chi connectivity index (χ3n) is 2.50. The standard InChI is InChI=1S/C13H9N.H3NO2S/c1-3-7-12-10(5-1)9-11-6-2-4-8-13(11)14-12;1-4(2)3/h1-9H;1H2,(H,2,3). The Morgan fingerprint density at radius 2 is 1.33 bits per heavy atom. The second-order valence-electron chi connectivity index (χ2n) is 3.70. The molecule has 1 atom stereocenters. The van der Waals surface area contributed by atoms with Gasteiger partial charge in [0.2, 0.25) is 11.0 Å². The van der Waals surface area contributed by atoms with Crippen molar-refractivity contribution in [2.75, 3.05) is 0 Å². The Hall–Kier alpha value is -1.82. The minimum Gasteiger partial charge on any atom is -0.760 e. The third kappa shape index (κ3) is 3.10. The van der Waals surface area contributed by atoms with Crippen molar-refractivity contribution in [2.45, 2.75) is 0 Å². The summed E-state index contributed by atoms with van der Waals surface area (Å²) in [6.07, 6.45) is 0. The Morgan fingerprint density at radius 1 is 0.944 bits per heavy atom. The summed E-state index contributed by atoms with van der Waals surface area (Å²) >= 11 is -2.36. The normalized spacial score (nSPS) is 11.9. The SMILES string of the molecule is NS(=O)[O-].c1ccc2[nH+]c3ccccc3cc2c1. The van der Waals surface area contributed by atoms with Gasteiger partial charge in [-0.25, -0.2) is 4.98 Å². The molecular formula is C13H12N2O2S. The summed E-state index contributed by atoms with van der Waals surface area (Å²) in [6.45, 7) is 0. The van der Waals surface area contributed by atoms with Crippen LogP contribution in [-0.4, -0.2) is 8.76 Å². The molecule has 3 rings (SSSR count). The lowest BCUT2D eigenvalue weighted by Gasteiger charge is -1.94. The lowest BCUT2D eigenvalue weighted by Crippen LogP contribution is -2.04. The quantitative estimate of drug-likeness (QED) is 0.491. The fourth-order valence-electron chi connectivity index (χ4n) is 1.79. The fraction of sp³-hybridized carbons (Fsp3) is 0. The molecule has 0 spiro atoms. The van der Waals surface area contributed by atoms with Gasteiger partial charge in [0.1, 0.15) is 0 Å². The molecule has 92 valence electrons. The first-order valence-electron chi connectivity index (χ1n) is 5.30. The van der Waals surface area contributed by atoms with Crippen LogP contribution in [0, 0.1) is 0 Å². The monoisotopic (exact) mass is 260 g/mol. The Morgan fingerprint density at radius 3 is 1.78 bits per heavy atom. The molecule has 0 bridgehead atoms. The smallest absolute Gasteiger partial charge is 0.211 e. The van der Waals surface area contributed by atoms with Gasteiger partial charge in [-0.3, -0.25) is 9.35 Å². The second-order valence-corrected chi connectivity index (χ2v) is 4.23. The van der Waals surface area contributed by atoms with Crippen LogP contribution in [0.3, 0.4) is 0 Å². The minimum absolute atomic E-state index is 1.19. The zero-order chi connectivity index (χ0) is 13.0. The number of aromatic nitrogens is 1. The molecule has 0 aliphatic heterocycles. The van der Waals surface area contributed by atoms with Crippen LogP contribution >= 0.6 is 0 Å². The van der Waals surface area contributed by atoms with Crippen LogP contribution in [0.2, 0.25) is 0 Å². The highest BCUT2D eigenvalue weighted by Crippen LogP contribution is 2.15. The molecule has 5 heteroatoms. The maximum Gasteiger partial charge on any atom is 0.211 e. The molecule has 0 aliphatic carbocycles. The van der Waals surface area contributed by atoms with Gasteiger partial charge in [-0.2, -0.15) is 0 Å². The van der Waals surface area contributed by atoms with E-state index in [0.29, 0.717) is 0 Å². The van der Waals surface area contributed by atoms with Gasteiger partial charge in [0.05, 0.1) is 0 Å². The van der Waals surface area contributed by atoms with Crippen molar-refractivity contribution in [2.24, 2.45) is 5.14 Å². The van der Waals surface area contributed by atoms with E-state index in [1.807, 2.05) is 12.1 Å². The molecule has 2 aromatic carbocycles. The van der Waals surface area contributed by atoms with Crippen LogP contribution in [0.25, 0.3) is 21.8 Å². The van der Waals surface area contributed by atoms with Gasteiger partial charge >= 0.3 is 0 Å². The highest BCUT2D eigenvalue weighted by Gasteiger charge is 2.02. The van der Waals surface area contributed by atoms with Crippen molar-refractivity contribution in [1.82, 2.24) is 0 Å². The van der Waals surface area contributed by atoms with E-state index < -0.39 is 11.3 Å². The summed E-state index contributed by atoms with van der Waals surface area (Å²) in [5, 5.41) is 6.54. The molecule has 0 amide bonds. The van der Waals surface area contributed by atoms with Crippen molar-refractivity contribution in [3.63, 3.8) is 0 Å². The van der Waals surface area contributed by atoms with Gasteiger partial charge in [0, 0.05) is 34.2 Å². The Labute approximate surface area is 107 Å². The number of rotatable bonds is 0. The van der Waals surface area contributed by atoms with E-state index >= 15 is 0 Å². The molecular weight excluding hydrogens is 248 g/mol. The summed E-state index contributed by atoms with van der Waals surface area (Å²) < 4.78 is 17.6. The van der Waals surface area contributed by atoms with Gasteiger partial charge < -0.3 is 4.55 Å². The highest BCUT2D eigenvalue weighted by molar-refractivity contribution is 7.76. The Kier molecular flexibility index (Phi) is 3.99. The molecule has 18 heavy (non-hydrogen) atoms. The topological polar surface area (TPSA) is 80.3 Å². The van der Waals surface area contributed by atoms with Gasteiger partial charge in [-0.05, 0) is 18.2 Å². The van der Waals surface area contributed by atoms with Crippen LogP contribution < -0.4 is 10.1 Å². The highest BCUT2D eigenvalue weighted by atomic mass is 32.2. The van der Waals surface area contributed by atoms with Crippen molar-refractivity contribution in [3.8, 4) is 0 Å². The molecule has 4 nitrogen and oxygen atoms in total. The summed E-state index contributed by atoms with van der Waals surface area (Å²) in [6, 6.07) is 18.9. The number of nitrogens with two attached hydrogens (primary N) is 1. The molecule has 1 heterocycles. The van der Waals surface area contributed by atoms with Gasteiger partial charge in [-0.1, -0.05) is 24.3 Å². The van der Waals surface area contributed by atoms with Crippen LogP contribution in [0.5, 0.6) is 0 Å². The molecule has 0 aliphatic rings. The van der Waals surface area contributed by atoms with E-state index in [4.69, 9.17) is 8.76 Å². The number of benzene rings is 2.